The Kier molecular flexibility index (Phi) is 1.43. The minimum Gasteiger partial charge on any atom is -0.388 e. The van der Waals surface area contributed by atoms with E-state index in [2.05, 4.69) is 4.98 Å². The maximum absolute atomic E-state index is 9.47. The molecule has 58 valence electrons. The number of aliphatic hydroxyl groups is 1. The number of aromatic nitrogens is 1. The molecule has 0 aliphatic heterocycles. The van der Waals surface area contributed by atoms with E-state index in [0.29, 0.717) is 0 Å². The van der Waals surface area contributed by atoms with E-state index < -0.39 is 0 Å². The van der Waals surface area contributed by atoms with Crippen molar-refractivity contribution in [3.05, 3.63) is 29.1 Å². The maximum atomic E-state index is 9.47. The van der Waals surface area contributed by atoms with Crippen molar-refractivity contribution in [2.75, 3.05) is 0 Å². The van der Waals surface area contributed by atoms with Crippen molar-refractivity contribution in [3.63, 3.8) is 0 Å². The fourth-order valence-electron chi connectivity index (χ4n) is 1.68. The smallest absolute Gasteiger partial charge is 0.0810 e. The summed E-state index contributed by atoms with van der Waals surface area (Å²) in [4.78, 5) is 4.05. The van der Waals surface area contributed by atoms with Crippen LogP contribution in [0.5, 0.6) is 0 Å². The summed E-state index contributed by atoms with van der Waals surface area (Å²) in [7, 11) is 0. The van der Waals surface area contributed by atoms with E-state index >= 15 is 0 Å². The maximum Gasteiger partial charge on any atom is 0.0810 e. The van der Waals surface area contributed by atoms with E-state index in [4.69, 9.17) is 0 Å². The number of hydrogen-bond donors (Lipinski definition) is 1. The molecular formula is C9H11NO. The topological polar surface area (TPSA) is 33.1 Å². The van der Waals surface area contributed by atoms with Gasteiger partial charge in [-0.3, -0.25) is 4.98 Å². The number of fused-ring (bicyclic) bond motifs is 1. The summed E-state index contributed by atoms with van der Waals surface area (Å²) in [5, 5.41) is 9.47. The number of rotatable bonds is 0. The summed E-state index contributed by atoms with van der Waals surface area (Å²) in [6, 6.07) is 0. The highest BCUT2D eigenvalue weighted by Gasteiger charge is 2.21. The fraction of sp³-hybridized carbons (Fsp3) is 0.444. The number of pyridine rings is 1. The van der Waals surface area contributed by atoms with Gasteiger partial charge in [0, 0.05) is 18.0 Å². The summed E-state index contributed by atoms with van der Waals surface area (Å²) in [5.41, 5.74) is 3.54. The molecule has 0 spiro atoms. The molecule has 1 atom stereocenters. The summed E-state index contributed by atoms with van der Waals surface area (Å²) >= 11 is 0. The van der Waals surface area contributed by atoms with Crippen LogP contribution in [0.4, 0.5) is 0 Å². The molecule has 1 aliphatic carbocycles. The highest BCUT2D eigenvalue weighted by molar-refractivity contribution is 5.36. The van der Waals surface area contributed by atoms with Gasteiger partial charge >= 0.3 is 0 Å². The van der Waals surface area contributed by atoms with Gasteiger partial charge in [0.25, 0.3) is 0 Å². The highest BCUT2D eigenvalue weighted by Crippen LogP contribution is 2.31. The highest BCUT2D eigenvalue weighted by atomic mass is 16.3. The second-order valence-corrected chi connectivity index (χ2v) is 3.08. The molecule has 11 heavy (non-hydrogen) atoms. The second kappa shape index (κ2) is 2.31. The SMILES string of the molecule is Cc1cncc2c1CCC2O. The summed E-state index contributed by atoms with van der Waals surface area (Å²) in [5.74, 6) is 0. The first-order valence-corrected chi connectivity index (χ1v) is 3.90. The lowest BCUT2D eigenvalue weighted by atomic mass is 10.1. The molecule has 0 saturated carbocycles. The van der Waals surface area contributed by atoms with Gasteiger partial charge < -0.3 is 5.11 Å². The predicted molar refractivity (Wildman–Crippen MR) is 42.3 cm³/mol. The minimum absolute atomic E-state index is 0.266. The van der Waals surface area contributed by atoms with Crippen LogP contribution in [-0.4, -0.2) is 10.1 Å². The molecule has 0 bridgehead atoms. The molecule has 0 amide bonds. The van der Waals surface area contributed by atoms with E-state index in [-0.39, 0.29) is 6.10 Å². The van der Waals surface area contributed by atoms with Crippen LogP contribution in [0, 0.1) is 6.92 Å². The van der Waals surface area contributed by atoms with Crippen LogP contribution in [0.2, 0.25) is 0 Å². The second-order valence-electron chi connectivity index (χ2n) is 3.08. The van der Waals surface area contributed by atoms with Gasteiger partial charge in [-0.1, -0.05) is 0 Å². The molecule has 0 fully saturated rings. The lowest BCUT2D eigenvalue weighted by molar-refractivity contribution is 0.179. The van der Waals surface area contributed by atoms with E-state index in [1.54, 1.807) is 6.20 Å². The predicted octanol–water partition coefficient (Wildman–Crippen LogP) is 1.37. The molecule has 0 saturated heterocycles. The zero-order valence-corrected chi connectivity index (χ0v) is 6.54. The number of hydrogen-bond acceptors (Lipinski definition) is 2. The number of aryl methyl sites for hydroxylation is 1. The molecule has 2 heteroatoms. The Balaban J connectivity index is 2.57. The van der Waals surface area contributed by atoms with Gasteiger partial charge in [0.2, 0.25) is 0 Å². The van der Waals surface area contributed by atoms with Gasteiger partial charge in [-0.05, 0) is 30.9 Å². The van der Waals surface area contributed by atoms with E-state index in [1.807, 2.05) is 13.1 Å². The van der Waals surface area contributed by atoms with Crippen LogP contribution < -0.4 is 0 Å². The van der Waals surface area contributed by atoms with Gasteiger partial charge in [-0.2, -0.15) is 0 Å². The van der Waals surface area contributed by atoms with Crippen LogP contribution in [0.15, 0.2) is 12.4 Å². The summed E-state index contributed by atoms with van der Waals surface area (Å²) < 4.78 is 0. The normalized spacial score (nSPS) is 21.8. The molecule has 0 aromatic carbocycles. The van der Waals surface area contributed by atoms with Crippen LogP contribution in [-0.2, 0) is 6.42 Å². The molecule has 1 aromatic heterocycles. The van der Waals surface area contributed by atoms with Crippen LogP contribution in [0.1, 0.15) is 29.2 Å². The van der Waals surface area contributed by atoms with Crippen molar-refractivity contribution >= 4 is 0 Å². The van der Waals surface area contributed by atoms with Crippen molar-refractivity contribution in [1.29, 1.82) is 0 Å². The van der Waals surface area contributed by atoms with Crippen molar-refractivity contribution < 1.29 is 5.11 Å². The Morgan fingerprint density at radius 3 is 3.09 bits per heavy atom. The first-order chi connectivity index (χ1) is 5.29. The Morgan fingerprint density at radius 2 is 2.36 bits per heavy atom. The van der Waals surface area contributed by atoms with Crippen molar-refractivity contribution in [2.24, 2.45) is 0 Å². The van der Waals surface area contributed by atoms with Crippen LogP contribution in [0.25, 0.3) is 0 Å². The van der Waals surface area contributed by atoms with Gasteiger partial charge in [-0.15, -0.1) is 0 Å². The van der Waals surface area contributed by atoms with Crippen LogP contribution >= 0.6 is 0 Å². The standard InChI is InChI=1S/C9H11NO/c1-6-4-10-5-8-7(6)2-3-9(8)11/h4-5,9,11H,2-3H2,1H3. The average Bonchev–Trinajstić information content (AvgIpc) is 2.35. The van der Waals surface area contributed by atoms with Crippen molar-refractivity contribution in [2.45, 2.75) is 25.9 Å². The molecule has 1 aromatic rings. The molecule has 0 radical (unpaired) electrons. The lowest BCUT2D eigenvalue weighted by Gasteiger charge is -2.03. The summed E-state index contributed by atoms with van der Waals surface area (Å²) in [6.45, 7) is 2.05. The number of aliphatic hydroxyl groups excluding tert-OH is 1. The monoisotopic (exact) mass is 149 g/mol. The molecule has 2 nitrogen and oxygen atoms in total. The average molecular weight is 149 g/mol. The molecule has 1 unspecified atom stereocenters. The van der Waals surface area contributed by atoms with E-state index in [0.717, 1.165) is 18.4 Å². The third kappa shape index (κ3) is 0.942. The third-order valence-corrected chi connectivity index (χ3v) is 2.33. The van der Waals surface area contributed by atoms with Gasteiger partial charge in [0.1, 0.15) is 0 Å². The molecule has 2 rings (SSSR count). The molecule has 1 heterocycles. The fourth-order valence-corrected chi connectivity index (χ4v) is 1.68. The van der Waals surface area contributed by atoms with Crippen LogP contribution in [0.3, 0.4) is 0 Å². The lowest BCUT2D eigenvalue weighted by Crippen LogP contribution is -1.92. The first kappa shape index (κ1) is 6.80. The molecule has 1 N–H and O–H groups in total. The zero-order chi connectivity index (χ0) is 7.84. The van der Waals surface area contributed by atoms with Crippen molar-refractivity contribution in [3.8, 4) is 0 Å². The first-order valence-electron chi connectivity index (χ1n) is 3.90. The largest absolute Gasteiger partial charge is 0.388 e. The molecule has 1 aliphatic rings. The third-order valence-electron chi connectivity index (χ3n) is 2.33. The Morgan fingerprint density at radius 1 is 1.55 bits per heavy atom. The van der Waals surface area contributed by atoms with Crippen molar-refractivity contribution in [1.82, 2.24) is 4.98 Å². The summed E-state index contributed by atoms with van der Waals surface area (Å²) in [6.07, 6.45) is 5.24. The Labute approximate surface area is 65.9 Å². The van der Waals surface area contributed by atoms with E-state index in [9.17, 15) is 5.11 Å². The minimum atomic E-state index is -0.266. The van der Waals surface area contributed by atoms with Gasteiger partial charge in [0.05, 0.1) is 6.10 Å². The van der Waals surface area contributed by atoms with Gasteiger partial charge in [0.15, 0.2) is 0 Å². The van der Waals surface area contributed by atoms with Gasteiger partial charge in [-0.25, -0.2) is 0 Å². The Bertz CT molecular complexity index is 283. The van der Waals surface area contributed by atoms with E-state index in [1.165, 1.54) is 11.1 Å². The number of nitrogens with zero attached hydrogens (tertiary/aromatic N) is 1. The Hall–Kier alpha value is -0.890. The quantitative estimate of drug-likeness (QED) is 0.604. The zero-order valence-electron chi connectivity index (χ0n) is 6.54. The molecular weight excluding hydrogens is 138 g/mol.